The molecule has 2 radical (unpaired) electrons. The van der Waals surface area contributed by atoms with E-state index in [4.69, 9.17) is 0 Å². The van der Waals surface area contributed by atoms with E-state index in [2.05, 4.69) is 9.97 Å². The van der Waals surface area contributed by atoms with E-state index in [1.165, 1.54) is 3.58 Å². The molecule has 0 atom stereocenters. The number of aromatic nitrogens is 2. The molecule has 0 saturated carbocycles. The summed E-state index contributed by atoms with van der Waals surface area (Å²) in [5.41, 5.74) is 0. The van der Waals surface area contributed by atoms with Crippen LogP contribution in [0.1, 0.15) is 0 Å². The quantitative estimate of drug-likeness (QED) is 0.569. The van der Waals surface area contributed by atoms with Crippen molar-refractivity contribution in [2.45, 2.75) is 0 Å². The second-order valence-electron chi connectivity index (χ2n) is 2.51. The van der Waals surface area contributed by atoms with Crippen molar-refractivity contribution in [3.05, 3.63) is 18.7 Å². The van der Waals surface area contributed by atoms with Crippen LogP contribution < -0.4 is 3.58 Å². The van der Waals surface area contributed by atoms with Gasteiger partial charge in [-0.1, -0.05) is 0 Å². The molecule has 1 heterocycles. The van der Waals surface area contributed by atoms with E-state index in [0.717, 1.165) is 22.5 Å². The van der Waals surface area contributed by atoms with Gasteiger partial charge in [0.15, 0.2) is 0 Å². The molecule has 0 N–H and O–H groups in total. The van der Waals surface area contributed by atoms with E-state index in [9.17, 15) is 0 Å². The zero-order chi connectivity index (χ0) is 8.69. The van der Waals surface area contributed by atoms with Crippen LogP contribution >= 0.6 is 0 Å². The van der Waals surface area contributed by atoms with Crippen molar-refractivity contribution < 1.29 is 0 Å². The van der Waals surface area contributed by atoms with Gasteiger partial charge in [0.05, 0.1) is 0 Å². The summed E-state index contributed by atoms with van der Waals surface area (Å²) in [6.45, 7) is 0. The first-order valence-corrected chi connectivity index (χ1v) is 4.89. The van der Waals surface area contributed by atoms with Gasteiger partial charge in [0.1, 0.15) is 0 Å². The molecule has 0 aliphatic rings. The Morgan fingerprint density at radius 1 is 1.18 bits per heavy atom. The Bertz CT molecular complexity index is 174. The van der Waals surface area contributed by atoms with E-state index in [1.54, 1.807) is 6.33 Å². The second-order valence-corrected chi connectivity index (χ2v) is 4.42. The van der Waals surface area contributed by atoms with Crippen LogP contribution in [0.5, 0.6) is 0 Å². The van der Waals surface area contributed by atoms with Crippen LogP contribution in [0.15, 0.2) is 18.7 Å². The van der Waals surface area contributed by atoms with Crippen molar-refractivity contribution >= 4 is 26.1 Å². The first-order chi connectivity index (χ1) is 5.13. The molecule has 1 rings (SSSR count). The summed E-state index contributed by atoms with van der Waals surface area (Å²) < 4.78 is 1.23. The Hall–Kier alpha value is -0.161. The summed E-state index contributed by atoms with van der Waals surface area (Å²) in [4.78, 5) is 9.61. The molecule has 0 saturated heterocycles. The topological polar surface area (TPSA) is 29.0 Å². The molecule has 4 heteroatoms. The van der Waals surface area contributed by atoms with Crippen LogP contribution in [0, 0.1) is 0 Å². The first-order valence-electron chi connectivity index (χ1n) is 3.24. The summed E-state index contributed by atoms with van der Waals surface area (Å²) >= 11 is 1.11. The van der Waals surface area contributed by atoms with E-state index < -0.39 is 0 Å². The normalized spacial score (nSPS) is 8.82. The molecule has 0 unspecified atom stereocenters. The number of hydrogen-bond acceptors (Lipinski definition) is 3. The summed E-state index contributed by atoms with van der Waals surface area (Å²) in [5.74, 6) is 0. The van der Waals surface area contributed by atoms with Gasteiger partial charge in [0.25, 0.3) is 0 Å². The molecule has 60 valence electrons. The summed E-state index contributed by atoms with van der Waals surface area (Å²) in [6.07, 6.45) is 5.20. The van der Waals surface area contributed by atoms with Crippen LogP contribution in [-0.4, -0.2) is 58.5 Å². The van der Waals surface area contributed by atoms with Gasteiger partial charge in [-0.15, -0.1) is 0 Å². The van der Waals surface area contributed by atoms with Gasteiger partial charge in [-0.25, -0.2) is 0 Å². The van der Waals surface area contributed by atoms with Gasteiger partial charge in [-0.05, 0) is 21.1 Å². The predicted molar refractivity (Wildman–Crippen MR) is 48.4 cm³/mol. The predicted octanol–water partition coefficient (Wildman–Crippen LogP) is -0.820. The third-order valence-electron chi connectivity index (χ3n) is 0.581. The maximum atomic E-state index is 3.81. The Kier molecular flexibility index (Phi) is 6.45. The SMILES string of the molecule is CN(C)C.[SnH][c]1cncnc1. The number of nitrogens with zero attached hydrogens (tertiary/aromatic N) is 3. The van der Waals surface area contributed by atoms with E-state index in [1.807, 2.05) is 38.4 Å². The molecule has 0 aliphatic heterocycles. The van der Waals surface area contributed by atoms with Gasteiger partial charge in [-0.3, -0.25) is 0 Å². The summed E-state index contributed by atoms with van der Waals surface area (Å²) in [7, 11) is 6.00. The fourth-order valence-electron chi connectivity index (χ4n) is 0.311. The molecule has 0 aromatic carbocycles. The van der Waals surface area contributed by atoms with Crippen LogP contribution in [0.2, 0.25) is 0 Å². The van der Waals surface area contributed by atoms with Gasteiger partial charge in [-0.2, -0.15) is 0 Å². The molecule has 0 spiro atoms. The van der Waals surface area contributed by atoms with Crippen LogP contribution in [0.4, 0.5) is 0 Å². The average Bonchev–Trinajstić information content (AvgIpc) is 1.87. The minimum absolute atomic E-state index is 1.11. The molecule has 1 aromatic heterocycles. The van der Waals surface area contributed by atoms with Crippen molar-refractivity contribution in [1.29, 1.82) is 0 Å². The van der Waals surface area contributed by atoms with Crippen molar-refractivity contribution in [1.82, 2.24) is 14.9 Å². The van der Waals surface area contributed by atoms with Crippen LogP contribution in [0.3, 0.4) is 0 Å². The van der Waals surface area contributed by atoms with Gasteiger partial charge in [0, 0.05) is 0 Å². The molecular formula is C7H13N3Sn. The molecule has 0 bridgehead atoms. The van der Waals surface area contributed by atoms with E-state index in [0.29, 0.717) is 0 Å². The first kappa shape index (κ1) is 10.8. The fourth-order valence-corrected chi connectivity index (χ4v) is 0.802. The number of rotatable bonds is 0. The van der Waals surface area contributed by atoms with E-state index in [-0.39, 0.29) is 0 Å². The Balaban J connectivity index is 0.000000218. The van der Waals surface area contributed by atoms with Gasteiger partial charge < -0.3 is 4.90 Å². The third-order valence-corrected chi connectivity index (χ3v) is 1.43. The molecule has 0 fully saturated rings. The minimum atomic E-state index is 1.11. The van der Waals surface area contributed by atoms with Crippen molar-refractivity contribution in [3.8, 4) is 0 Å². The van der Waals surface area contributed by atoms with Crippen LogP contribution in [0.25, 0.3) is 0 Å². The van der Waals surface area contributed by atoms with Crippen molar-refractivity contribution in [3.63, 3.8) is 0 Å². The molecule has 0 aliphatic carbocycles. The summed E-state index contributed by atoms with van der Waals surface area (Å²) in [6, 6.07) is 0. The average molecular weight is 258 g/mol. The fraction of sp³-hybridized carbons (Fsp3) is 0.429. The Labute approximate surface area is 80.9 Å². The van der Waals surface area contributed by atoms with E-state index >= 15 is 0 Å². The second kappa shape index (κ2) is 6.54. The monoisotopic (exact) mass is 259 g/mol. The third kappa shape index (κ3) is 9.84. The maximum absolute atomic E-state index is 3.81. The van der Waals surface area contributed by atoms with Gasteiger partial charge >= 0.3 is 54.8 Å². The zero-order valence-electron chi connectivity index (χ0n) is 7.15. The Morgan fingerprint density at radius 2 is 1.55 bits per heavy atom. The van der Waals surface area contributed by atoms with Gasteiger partial charge in [0.2, 0.25) is 0 Å². The molecule has 3 nitrogen and oxygen atoms in total. The Morgan fingerprint density at radius 3 is 1.73 bits per heavy atom. The molecule has 0 amide bonds. The standard InChI is InChI=1S/C4H3N2.C3H9N.Sn.H/c1-2-5-4-6-3-1;1-4(2)3;;/h2-4H;1-3H3;;. The molecular weight excluding hydrogens is 245 g/mol. The summed E-state index contributed by atoms with van der Waals surface area (Å²) in [5, 5.41) is 0. The molecule has 1 aromatic rings. The molecule has 11 heavy (non-hydrogen) atoms. The number of hydrogen-bond donors (Lipinski definition) is 0. The van der Waals surface area contributed by atoms with Crippen LogP contribution in [-0.2, 0) is 0 Å². The van der Waals surface area contributed by atoms with Crippen molar-refractivity contribution in [2.24, 2.45) is 0 Å². The van der Waals surface area contributed by atoms with Crippen molar-refractivity contribution in [2.75, 3.05) is 21.1 Å². The zero-order valence-corrected chi connectivity index (χ0v) is 10.4.